The average Bonchev–Trinajstić information content (AvgIpc) is 2.84. The zero-order valence-corrected chi connectivity index (χ0v) is 19.6. The smallest absolute Gasteiger partial charge is 0.266 e. The molecule has 0 fully saturated rings. The quantitative estimate of drug-likeness (QED) is 0.356. The van der Waals surface area contributed by atoms with Crippen molar-refractivity contribution in [1.29, 1.82) is 0 Å². The third kappa shape index (κ3) is 4.85. The fourth-order valence-electron chi connectivity index (χ4n) is 3.72. The first-order valence-corrected chi connectivity index (χ1v) is 11.4. The van der Waals surface area contributed by atoms with E-state index in [0.717, 1.165) is 24.8 Å². The second-order valence-corrected chi connectivity index (χ2v) is 8.14. The number of aliphatic hydroxyl groups is 1. The molecule has 2 aromatic carbocycles. The summed E-state index contributed by atoms with van der Waals surface area (Å²) in [7, 11) is 0. The minimum Gasteiger partial charge on any atom is -0.506 e. The van der Waals surface area contributed by atoms with Crippen molar-refractivity contribution in [3.8, 4) is 5.69 Å². The third-order valence-corrected chi connectivity index (χ3v) is 5.88. The molecule has 0 aliphatic rings. The molecule has 4 aromatic rings. The summed E-state index contributed by atoms with van der Waals surface area (Å²) < 4.78 is 15.1. The van der Waals surface area contributed by atoms with Crippen molar-refractivity contribution in [3.63, 3.8) is 0 Å². The van der Waals surface area contributed by atoms with Gasteiger partial charge in [0.15, 0.2) is 0 Å². The van der Waals surface area contributed by atoms with Gasteiger partial charge in [-0.2, -0.15) is 0 Å². The van der Waals surface area contributed by atoms with Crippen LogP contribution in [0.3, 0.4) is 0 Å². The minimum atomic E-state index is -0.544. The van der Waals surface area contributed by atoms with Gasteiger partial charge in [0.25, 0.3) is 5.56 Å². The maximum absolute atomic E-state index is 13.9. The molecular weight excluding hydrogens is 455 g/mol. The Balaban J connectivity index is 1.87. The van der Waals surface area contributed by atoms with Crippen LogP contribution in [0.1, 0.15) is 31.1 Å². The van der Waals surface area contributed by atoms with E-state index >= 15 is 0 Å². The molecule has 4 rings (SSSR count). The van der Waals surface area contributed by atoms with E-state index in [4.69, 9.17) is 11.6 Å². The number of fused-ring (bicyclic) bond motifs is 1. The SMILES string of the molecule is CCN(CC)Cc1cccc(/C(O)=C/c2nc3ccc(F)cc3c(=O)n2-c2ccccc2Cl)n1. The average molecular weight is 479 g/mol. The number of rotatable bonds is 7. The number of halogens is 2. The Morgan fingerprint density at radius 2 is 1.85 bits per heavy atom. The number of aromatic nitrogens is 3. The molecule has 0 saturated heterocycles. The van der Waals surface area contributed by atoms with E-state index < -0.39 is 11.4 Å². The Kier molecular flexibility index (Phi) is 7.05. The summed E-state index contributed by atoms with van der Waals surface area (Å²) in [5.74, 6) is -0.557. The summed E-state index contributed by atoms with van der Waals surface area (Å²) >= 11 is 6.37. The lowest BCUT2D eigenvalue weighted by molar-refractivity contribution is 0.292. The van der Waals surface area contributed by atoms with Crippen LogP contribution < -0.4 is 5.56 Å². The van der Waals surface area contributed by atoms with Crippen molar-refractivity contribution in [2.45, 2.75) is 20.4 Å². The number of nitrogens with zero attached hydrogens (tertiary/aromatic N) is 4. The van der Waals surface area contributed by atoms with Crippen LogP contribution in [-0.4, -0.2) is 37.6 Å². The molecule has 174 valence electrons. The Labute approximate surface area is 201 Å². The second kappa shape index (κ2) is 10.2. The maximum Gasteiger partial charge on any atom is 0.266 e. The highest BCUT2D eigenvalue weighted by molar-refractivity contribution is 6.32. The maximum atomic E-state index is 13.9. The fraction of sp³-hybridized carbons (Fsp3) is 0.192. The topological polar surface area (TPSA) is 71.2 Å². The van der Waals surface area contributed by atoms with Gasteiger partial charge in [-0.1, -0.05) is 43.6 Å². The number of hydrogen-bond donors (Lipinski definition) is 1. The van der Waals surface area contributed by atoms with Crippen LogP contribution in [0.4, 0.5) is 4.39 Å². The van der Waals surface area contributed by atoms with Gasteiger partial charge in [-0.3, -0.25) is 14.3 Å². The van der Waals surface area contributed by atoms with Crippen molar-refractivity contribution in [3.05, 3.63) is 99.1 Å². The zero-order valence-electron chi connectivity index (χ0n) is 18.9. The van der Waals surface area contributed by atoms with Crippen molar-refractivity contribution in [1.82, 2.24) is 19.4 Å². The summed E-state index contributed by atoms with van der Waals surface area (Å²) in [6.45, 7) is 6.58. The monoisotopic (exact) mass is 478 g/mol. The molecule has 2 aromatic heterocycles. The highest BCUT2D eigenvalue weighted by atomic mass is 35.5. The van der Waals surface area contributed by atoms with Gasteiger partial charge in [-0.15, -0.1) is 0 Å². The molecule has 0 spiro atoms. The number of benzene rings is 2. The summed E-state index contributed by atoms with van der Waals surface area (Å²) in [4.78, 5) is 24.7. The van der Waals surface area contributed by atoms with Gasteiger partial charge in [0, 0.05) is 12.6 Å². The molecule has 2 heterocycles. The highest BCUT2D eigenvalue weighted by Gasteiger charge is 2.16. The van der Waals surface area contributed by atoms with E-state index in [1.165, 1.54) is 22.8 Å². The zero-order chi connectivity index (χ0) is 24.2. The Morgan fingerprint density at radius 3 is 2.59 bits per heavy atom. The van der Waals surface area contributed by atoms with Crippen LogP contribution in [-0.2, 0) is 6.54 Å². The molecule has 8 heteroatoms. The van der Waals surface area contributed by atoms with E-state index in [0.29, 0.717) is 28.5 Å². The first-order chi connectivity index (χ1) is 16.4. The minimum absolute atomic E-state index is 0.107. The van der Waals surface area contributed by atoms with E-state index in [1.807, 2.05) is 12.1 Å². The van der Waals surface area contributed by atoms with E-state index in [-0.39, 0.29) is 17.0 Å². The molecule has 0 aliphatic heterocycles. The number of pyridine rings is 1. The van der Waals surface area contributed by atoms with Crippen molar-refractivity contribution in [2.75, 3.05) is 13.1 Å². The third-order valence-electron chi connectivity index (χ3n) is 5.56. The second-order valence-electron chi connectivity index (χ2n) is 7.73. The van der Waals surface area contributed by atoms with Crippen molar-refractivity contribution >= 4 is 34.3 Å². The number of para-hydroxylation sites is 1. The van der Waals surface area contributed by atoms with Crippen molar-refractivity contribution in [2.24, 2.45) is 0 Å². The molecule has 6 nitrogen and oxygen atoms in total. The van der Waals surface area contributed by atoms with Gasteiger partial charge in [0.05, 0.1) is 27.3 Å². The van der Waals surface area contributed by atoms with Crippen LogP contribution in [0, 0.1) is 5.82 Å². The van der Waals surface area contributed by atoms with Gasteiger partial charge in [-0.05, 0) is 55.6 Å². The lowest BCUT2D eigenvalue weighted by Crippen LogP contribution is -2.23. The lowest BCUT2D eigenvalue weighted by atomic mass is 10.2. The van der Waals surface area contributed by atoms with Crippen LogP contribution in [0.25, 0.3) is 28.4 Å². The largest absolute Gasteiger partial charge is 0.506 e. The highest BCUT2D eigenvalue weighted by Crippen LogP contribution is 2.23. The molecule has 0 unspecified atom stereocenters. The van der Waals surface area contributed by atoms with E-state index in [9.17, 15) is 14.3 Å². The van der Waals surface area contributed by atoms with Crippen LogP contribution in [0.2, 0.25) is 5.02 Å². The molecule has 0 radical (unpaired) electrons. The van der Waals surface area contributed by atoms with Gasteiger partial charge in [0.1, 0.15) is 23.1 Å². The van der Waals surface area contributed by atoms with Crippen LogP contribution in [0.15, 0.2) is 65.5 Å². The van der Waals surface area contributed by atoms with Gasteiger partial charge < -0.3 is 5.11 Å². The summed E-state index contributed by atoms with van der Waals surface area (Å²) in [5.41, 5.74) is 1.34. The molecular formula is C26H24ClFN4O2. The van der Waals surface area contributed by atoms with Gasteiger partial charge in [0.2, 0.25) is 0 Å². The Morgan fingerprint density at radius 1 is 1.09 bits per heavy atom. The molecule has 0 amide bonds. The predicted molar refractivity (Wildman–Crippen MR) is 134 cm³/mol. The fourth-order valence-corrected chi connectivity index (χ4v) is 3.94. The molecule has 0 atom stereocenters. The van der Waals surface area contributed by atoms with E-state index in [1.54, 1.807) is 30.3 Å². The van der Waals surface area contributed by atoms with Crippen LogP contribution in [0.5, 0.6) is 0 Å². The summed E-state index contributed by atoms with van der Waals surface area (Å²) in [6.07, 6.45) is 1.37. The Hall–Kier alpha value is -3.55. The summed E-state index contributed by atoms with van der Waals surface area (Å²) in [6, 6.07) is 16.0. The van der Waals surface area contributed by atoms with Gasteiger partial charge >= 0.3 is 0 Å². The Bertz CT molecular complexity index is 1430. The first kappa shape index (κ1) is 23.6. The molecule has 0 saturated carbocycles. The standard InChI is InChI=1S/C26H24ClFN4O2/c1-3-31(4-2)16-18-8-7-10-22(29-18)24(33)15-25-30-21-13-12-17(28)14-19(21)26(34)32(25)23-11-6-5-9-20(23)27/h5-15,33H,3-4,16H2,1-2H3/b24-15-. The molecule has 0 aliphatic carbocycles. The lowest BCUT2D eigenvalue weighted by Gasteiger charge is -2.17. The first-order valence-electron chi connectivity index (χ1n) is 11.0. The number of hydrogen-bond acceptors (Lipinski definition) is 5. The number of aliphatic hydroxyl groups excluding tert-OH is 1. The molecule has 0 bridgehead atoms. The van der Waals surface area contributed by atoms with Gasteiger partial charge in [-0.25, -0.2) is 14.4 Å². The van der Waals surface area contributed by atoms with Crippen LogP contribution >= 0.6 is 11.6 Å². The molecule has 34 heavy (non-hydrogen) atoms. The molecule has 1 N–H and O–H groups in total. The van der Waals surface area contributed by atoms with Crippen molar-refractivity contribution < 1.29 is 9.50 Å². The predicted octanol–water partition coefficient (Wildman–Crippen LogP) is 5.47. The van der Waals surface area contributed by atoms with E-state index in [2.05, 4.69) is 28.7 Å². The normalized spacial score (nSPS) is 12.0. The summed E-state index contributed by atoms with van der Waals surface area (Å²) in [5, 5.41) is 11.4.